The first-order valence-electron chi connectivity index (χ1n) is 17.9. The number of halogens is 2. The minimum atomic E-state index is 0. The summed E-state index contributed by atoms with van der Waals surface area (Å²) in [5.74, 6) is 3.77. The summed E-state index contributed by atoms with van der Waals surface area (Å²) < 4.78 is 2.25. The van der Waals surface area contributed by atoms with E-state index < -0.39 is 0 Å². The first-order valence-corrected chi connectivity index (χ1v) is 19.3. The van der Waals surface area contributed by atoms with Crippen molar-refractivity contribution in [3.8, 4) is 11.1 Å². The van der Waals surface area contributed by atoms with Crippen LogP contribution in [0.3, 0.4) is 0 Å². The van der Waals surface area contributed by atoms with Crippen molar-refractivity contribution >= 4 is 3.71 Å². The molecule has 6 aliphatic carbocycles. The summed E-state index contributed by atoms with van der Waals surface area (Å²) in [6.07, 6.45) is 19.6. The third-order valence-electron chi connectivity index (χ3n) is 11.3. The molecule has 1 atom stereocenters. The van der Waals surface area contributed by atoms with Crippen molar-refractivity contribution in [3.63, 3.8) is 0 Å². The number of hydrogen-bond donors (Lipinski definition) is 0. The van der Waals surface area contributed by atoms with Crippen molar-refractivity contribution in [1.82, 2.24) is 0 Å². The molecular weight excluding hydrogens is 703 g/mol. The van der Waals surface area contributed by atoms with Gasteiger partial charge >= 0.3 is 70.3 Å². The van der Waals surface area contributed by atoms with Gasteiger partial charge in [0.1, 0.15) is 0 Å². The number of rotatable bonds is 3. The predicted molar refractivity (Wildman–Crippen MR) is 193 cm³/mol. The minimum absolute atomic E-state index is 0. The van der Waals surface area contributed by atoms with E-state index >= 15 is 0 Å². The Balaban J connectivity index is 0.000000171. The second-order valence-electron chi connectivity index (χ2n) is 17.1. The molecule has 0 amide bonds. The average molecular weight is 757 g/mol. The Morgan fingerprint density at radius 2 is 1.38 bits per heavy atom. The summed E-state index contributed by atoms with van der Waals surface area (Å²) in [5, 5.41) is 0. The summed E-state index contributed by atoms with van der Waals surface area (Å²) in [7, 11) is 0. The SMILES string of the molecule is CC(C)(C)c1c[c-]c2c(c1)-c1cc(C(C)(C)C)ccc1C2.CC1[C-]=CC(C23CC4CC(CC(C4)C2)C3)=C1.[Cl-].[Cl-].[Zr+2]=[CH]Cc1ccccc1. The Labute approximate surface area is 319 Å². The number of benzene rings is 3. The van der Waals surface area contributed by atoms with E-state index in [0.717, 1.165) is 30.6 Å². The molecule has 0 spiro atoms. The Bertz CT molecular complexity index is 1520. The molecule has 1 unspecified atom stereocenters. The summed E-state index contributed by atoms with van der Waals surface area (Å²) >= 11 is 1.51. The monoisotopic (exact) mass is 754 g/mol. The van der Waals surface area contributed by atoms with E-state index in [4.69, 9.17) is 0 Å². The van der Waals surface area contributed by atoms with Crippen LogP contribution in [-0.2, 0) is 47.9 Å². The van der Waals surface area contributed by atoms with Crippen LogP contribution < -0.4 is 24.8 Å². The first-order chi connectivity index (χ1) is 21.8. The van der Waals surface area contributed by atoms with Crippen LogP contribution in [0.5, 0.6) is 0 Å². The van der Waals surface area contributed by atoms with Gasteiger partial charge in [0.05, 0.1) is 0 Å². The second kappa shape index (κ2) is 15.8. The van der Waals surface area contributed by atoms with Crippen molar-refractivity contribution in [2.75, 3.05) is 0 Å². The molecule has 0 N–H and O–H groups in total. The molecule has 3 aromatic rings. The number of hydrogen-bond acceptors (Lipinski definition) is 0. The zero-order valence-corrected chi connectivity index (χ0v) is 34.2. The van der Waals surface area contributed by atoms with Crippen molar-refractivity contribution in [2.24, 2.45) is 29.1 Å². The maximum atomic E-state index is 3.53. The fourth-order valence-corrected chi connectivity index (χ4v) is 9.68. The third kappa shape index (κ3) is 8.85. The Kier molecular flexibility index (Phi) is 12.9. The van der Waals surface area contributed by atoms with Crippen LogP contribution in [0.15, 0.2) is 78.4 Å². The van der Waals surface area contributed by atoms with E-state index in [1.54, 1.807) is 24.8 Å². The topological polar surface area (TPSA) is 0 Å². The van der Waals surface area contributed by atoms with Crippen LogP contribution >= 0.6 is 0 Å². The standard InChI is InChI=1S/C21H25.C16H21.C8H8.2ClH.Zr/c1-20(2,3)16-9-7-14-11-15-8-10-17(21(4,5)6)13-19(15)18(14)12-16;1-11-2-3-15(4-11)16-8-12-5-13(9-16)7-14(6-12)10-16;1-2-8-6-4-3-5-7-8;;;/h7,9-10,12-13H,11H2,1-6H3;3-4,11-14H,5-10H2,1H3;1,3-7H,2H2;2*1H;/q2*-1;;;;+2/p-2. The fraction of sp³-hybridized carbons (Fsp3) is 0.489. The second-order valence-corrected chi connectivity index (χ2v) is 18.1. The van der Waals surface area contributed by atoms with Gasteiger partial charge < -0.3 is 24.8 Å². The molecule has 3 aromatic carbocycles. The summed E-state index contributed by atoms with van der Waals surface area (Å²) in [4.78, 5) is 0. The predicted octanol–water partition coefficient (Wildman–Crippen LogP) is 5.38. The van der Waals surface area contributed by atoms with Gasteiger partial charge in [-0.05, 0) is 54.4 Å². The molecule has 0 aliphatic heterocycles. The van der Waals surface area contributed by atoms with Crippen LogP contribution in [0.4, 0.5) is 0 Å². The Hall–Kier alpha value is -1.53. The molecule has 9 rings (SSSR count). The molecule has 0 aromatic heterocycles. The van der Waals surface area contributed by atoms with Gasteiger partial charge in [0, 0.05) is 0 Å². The van der Waals surface area contributed by atoms with Gasteiger partial charge in [-0.15, -0.1) is 5.56 Å². The molecule has 48 heavy (non-hydrogen) atoms. The molecule has 0 saturated heterocycles. The summed E-state index contributed by atoms with van der Waals surface area (Å²) in [5.41, 5.74) is 12.4. The van der Waals surface area contributed by atoms with Crippen LogP contribution in [0.1, 0.15) is 115 Å². The third-order valence-corrected chi connectivity index (χ3v) is 11.8. The maximum absolute atomic E-state index is 3.53. The normalized spacial score (nSPS) is 25.6. The summed E-state index contributed by atoms with van der Waals surface area (Å²) in [6, 6.07) is 25.6. The van der Waals surface area contributed by atoms with Crippen molar-refractivity contribution in [2.45, 2.75) is 111 Å². The molecule has 0 radical (unpaired) electrons. The Morgan fingerprint density at radius 3 is 1.90 bits per heavy atom. The van der Waals surface area contributed by atoms with Crippen molar-refractivity contribution in [3.05, 3.63) is 118 Å². The molecule has 0 heterocycles. The van der Waals surface area contributed by atoms with Gasteiger partial charge in [0.2, 0.25) is 0 Å². The molecule has 6 aliphatic rings. The first kappa shape index (κ1) is 39.3. The zero-order chi connectivity index (χ0) is 32.7. The molecule has 254 valence electrons. The molecule has 4 fully saturated rings. The molecule has 4 saturated carbocycles. The Morgan fingerprint density at radius 1 is 0.792 bits per heavy atom. The van der Waals surface area contributed by atoms with Gasteiger partial charge in [-0.3, -0.25) is 6.08 Å². The van der Waals surface area contributed by atoms with Gasteiger partial charge in [0.15, 0.2) is 0 Å². The van der Waals surface area contributed by atoms with E-state index in [2.05, 4.69) is 131 Å². The molecule has 0 nitrogen and oxygen atoms in total. The molecule has 4 bridgehead atoms. The van der Waals surface area contributed by atoms with E-state index in [0.29, 0.717) is 11.3 Å². The van der Waals surface area contributed by atoms with Gasteiger partial charge in [-0.25, -0.2) is 6.08 Å². The zero-order valence-electron chi connectivity index (χ0n) is 30.2. The van der Waals surface area contributed by atoms with Gasteiger partial charge in [0.25, 0.3) is 0 Å². The van der Waals surface area contributed by atoms with Crippen LogP contribution in [0.25, 0.3) is 11.1 Å². The van der Waals surface area contributed by atoms with Crippen LogP contribution in [0, 0.1) is 41.2 Å². The van der Waals surface area contributed by atoms with Gasteiger partial charge in [-0.2, -0.15) is 41.0 Å². The van der Waals surface area contributed by atoms with Gasteiger partial charge in [-0.1, -0.05) is 114 Å². The van der Waals surface area contributed by atoms with Crippen molar-refractivity contribution < 1.29 is 49.0 Å². The summed E-state index contributed by atoms with van der Waals surface area (Å²) in [6.45, 7) is 15.9. The van der Waals surface area contributed by atoms with E-state index in [9.17, 15) is 0 Å². The van der Waals surface area contributed by atoms with E-state index in [1.807, 2.05) is 6.07 Å². The quantitative estimate of drug-likeness (QED) is 0.247. The molecular formula is C45H54Cl2Zr-2. The van der Waals surface area contributed by atoms with E-state index in [-0.39, 0.29) is 35.6 Å². The van der Waals surface area contributed by atoms with Crippen molar-refractivity contribution in [1.29, 1.82) is 0 Å². The number of allylic oxidation sites excluding steroid dienone is 4. The molecule has 3 heteroatoms. The average Bonchev–Trinajstić information content (AvgIpc) is 3.60. The van der Waals surface area contributed by atoms with Crippen LogP contribution in [-0.4, -0.2) is 3.71 Å². The number of fused-ring (bicyclic) bond motifs is 3. The van der Waals surface area contributed by atoms with E-state index in [1.165, 1.54) is 82.4 Å². The fourth-order valence-electron chi connectivity index (χ4n) is 9.10. The van der Waals surface area contributed by atoms with Crippen LogP contribution in [0.2, 0.25) is 0 Å².